The molecule has 1 aromatic rings. The van der Waals surface area contributed by atoms with E-state index in [1.807, 2.05) is 27.7 Å². The molecule has 0 aromatic heterocycles. The number of carboxylic acid groups (broad SMARTS) is 1. The van der Waals surface area contributed by atoms with Crippen LogP contribution in [0.25, 0.3) is 0 Å². The summed E-state index contributed by atoms with van der Waals surface area (Å²) in [7, 11) is 0. The topological polar surface area (TPSA) is 66.8 Å². The van der Waals surface area contributed by atoms with E-state index in [-0.39, 0.29) is 23.3 Å². The number of phenolic OH excluding ortho intramolecular Hbond substituents is 1. The van der Waals surface area contributed by atoms with Crippen LogP contribution < -0.4 is 4.74 Å². The van der Waals surface area contributed by atoms with Gasteiger partial charge in [-0.15, -0.1) is 0 Å². The highest BCUT2D eigenvalue weighted by atomic mass is 79.9. The second-order valence-corrected chi connectivity index (χ2v) is 5.57. The average Bonchev–Trinajstić information content (AvgIpc) is 2.20. The van der Waals surface area contributed by atoms with Gasteiger partial charge in [-0.1, -0.05) is 43.6 Å². The fourth-order valence-corrected chi connectivity index (χ4v) is 2.72. The number of aromatic hydroxyl groups is 1. The van der Waals surface area contributed by atoms with Crippen molar-refractivity contribution in [2.24, 2.45) is 0 Å². The second-order valence-electron chi connectivity index (χ2n) is 4.72. The molecule has 0 radical (unpaired) electrons. The van der Waals surface area contributed by atoms with Gasteiger partial charge in [0.2, 0.25) is 0 Å². The van der Waals surface area contributed by atoms with Gasteiger partial charge in [0.25, 0.3) is 0 Å². The SMILES string of the molecule is CC(C)c1cc(Br)c(C(C)C)c(O)c1OC(=O)O. The van der Waals surface area contributed by atoms with Crippen LogP contribution in [0.15, 0.2) is 10.5 Å². The molecule has 0 aliphatic rings. The first-order chi connectivity index (χ1) is 8.25. The summed E-state index contributed by atoms with van der Waals surface area (Å²) in [5.74, 6) is 0.0226. The molecule has 1 rings (SSSR count). The van der Waals surface area contributed by atoms with Gasteiger partial charge in [0.15, 0.2) is 11.5 Å². The fraction of sp³-hybridized carbons (Fsp3) is 0.462. The molecule has 0 saturated heterocycles. The van der Waals surface area contributed by atoms with Gasteiger partial charge in [0, 0.05) is 15.6 Å². The molecule has 100 valence electrons. The van der Waals surface area contributed by atoms with E-state index in [4.69, 9.17) is 9.84 Å². The highest BCUT2D eigenvalue weighted by Gasteiger charge is 2.23. The first-order valence-corrected chi connectivity index (χ1v) is 6.51. The monoisotopic (exact) mass is 316 g/mol. The lowest BCUT2D eigenvalue weighted by Crippen LogP contribution is -2.08. The summed E-state index contributed by atoms with van der Waals surface area (Å²) >= 11 is 3.40. The van der Waals surface area contributed by atoms with Crippen molar-refractivity contribution in [1.29, 1.82) is 0 Å². The first kappa shape index (κ1) is 14.8. The van der Waals surface area contributed by atoms with Crippen LogP contribution >= 0.6 is 15.9 Å². The van der Waals surface area contributed by atoms with Gasteiger partial charge in [-0.2, -0.15) is 0 Å². The quantitative estimate of drug-likeness (QED) is 0.638. The van der Waals surface area contributed by atoms with Gasteiger partial charge in [0.1, 0.15) is 0 Å². The molecule has 0 saturated carbocycles. The van der Waals surface area contributed by atoms with Gasteiger partial charge in [-0.3, -0.25) is 0 Å². The molecule has 0 atom stereocenters. The Balaban J connectivity index is 3.51. The Kier molecular flexibility index (Phi) is 4.62. The molecule has 5 heteroatoms. The number of rotatable bonds is 3. The van der Waals surface area contributed by atoms with Crippen molar-refractivity contribution in [3.63, 3.8) is 0 Å². The summed E-state index contributed by atoms with van der Waals surface area (Å²) in [6.07, 6.45) is -1.43. The van der Waals surface area contributed by atoms with Crippen molar-refractivity contribution in [2.45, 2.75) is 39.5 Å². The van der Waals surface area contributed by atoms with Crippen LogP contribution in [0.5, 0.6) is 11.5 Å². The summed E-state index contributed by atoms with van der Waals surface area (Å²) in [4.78, 5) is 10.7. The molecule has 0 unspecified atom stereocenters. The van der Waals surface area contributed by atoms with E-state index in [0.717, 1.165) is 4.47 Å². The number of phenols is 1. The van der Waals surface area contributed by atoms with Crippen molar-refractivity contribution in [3.8, 4) is 11.5 Å². The Morgan fingerprint density at radius 2 is 1.83 bits per heavy atom. The van der Waals surface area contributed by atoms with Crippen LogP contribution in [0.2, 0.25) is 0 Å². The van der Waals surface area contributed by atoms with Gasteiger partial charge < -0.3 is 14.9 Å². The zero-order valence-corrected chi connectivity index (χ0v) is 12.4. The van der Waals surface area contributed by atoms with Crippen LogP contribution in [0, 0.1) is 0 Å². The molecule has 0 spiro atoms. The van der Waals surface area contributed by atoms with Crippen molar-refractivity contribution in [3.05, 3.63) is 21.7 Å². The molecular formula is C13H17BrO4. The maximum absolute atomic E-state index is 10.7. The molecule has 4 nitrogen and oxygen atoms in total. The molecule has 0 aliphatic carbocycles. The number of halogens is 1. The summed E-state index contributed by atoms with van der Waals surface area (Å²) < 4.78 is 5.49. The molecule has 0 fully saturated rings. The van der Waals surface area contributed by atoms with Crippen LogP contribution in [-0.2, 0) is 0 Å². The number of hydrogen-bond donors (Lipinski definition) is 2. The largest absolute Gasteiger partial charge is 0.511 e. The van der Waals surface area contributed by atoms with E-state index in [1.165, 1.54) is 0 Å². The predicted octanol–water partition coefficient (Wildman–Crippen LogP) is 4.46. The third-order valence-corrected chi connectivity index (χ3v) is 3.32. The fourth-order valence-electron chi connectivity index (χ4n) is 1.82. The van der Waals surface area contributed by atoms with Crippen molar-refractivity contribution in [1.82, 2.24) is 0 Å². The molecule has 18 heavy (non-hydrogen) atoms. The summed E-state index contributed by atoms with van der Waals surface area (Å²) in [5, 5.41) is 19.0. The number of ether oxygens (including phenoxy) is 1. The van der Waals surface area contributed by atoms with E-state index >= 15 is 0 Å². The maximum Gasteiger partial charge on any atom is 0.511 e. The van der Waals surface area contributed by atoms with E-state index in [2.05, 4.69) is 15.9 Å². The molecule has 0 heterocycles. The second kappa shape index (κ2) is 5.61. The lowest BCUT2D eigenvalue weighted by atomic mass is 9.95. The summed E-state index contributed by atoms with van der Waals surface area (Å²) in [6.45, 7) is 7.65. The lowest BCUT2D eigenvalue weighted by molar-refractivity contribution is 0.142. The number of hydrogen-bond acceptors (Lipinski definition) is 3. The zero-order valence-electron chi connectivity index (χ0n) is 10.8. The minimum absolute atomic E-state index is 0.0319. The smallest absolute Gasteiger partial charge is 0.504 e. The molecule has 0 amide bonds. The Morgan fingerprint density at radius 3 is 2.22 bits per heavy atom. The lowest BCUT2D eigenvalue weighted by Gasteiger charge is -2.19. The zero-order chi connectivity index (χ0) is 14.0. The van der Waals surface area contributed by atoms with E-state index < -0.39 is 6.16 Å². The number of benzene rings is 1. The number of carbonyl (C=O) groups is 1. The van der Waals surface area contributed by atoms with Crippen LogP contribution in [0.3, 0.4) is 0 Å². The van der Waals surface area contributed by atoms with Crippen molar-refractivity contribution in [2.75, 3.05) is 0 Å². The van der Waals surface area contributed by atoms with Crippen molar-refractivity contribution >= 4 is 22.1 Å². The van der Waals surface area contributed by atoms with Gasteiger partial charge >= 0.3 is 6.16 Å². The average molecular weight is 317 g/mol. The van der Waals surface area contributed by atoms with Crippen molar-refractivity contribution < 1.29 is 19.7 Å². The Hall–Kier alpha value is -1.23. The van der Waals surface area contributed by atoms with Gasteiger partial charge in [0.05, 0.1) is 0 Å². The summed E-state index contributed by atoms with van der Waals surface area (Å²) in [6, 6.07) is 1.80. The Labute approximate surface area is 115 Å². The standard InChI is InChI=1S/C13H17BrO4/c1-6(2)8-5-9(14)10(7(3)4)11(15)12(8)18-13(16)17/h5-7,15H,1-4H3,(H,16,17). The van der Waals surface area contributed by atoms with E-state index in [1.54, 1.807) is 6.07 Å². The summed E-state index contributed by atoms with van der Waals surface area (Å²) in [5.41, 5.74) is 1.31. The minimum Gasteiger partial charge on any atom is -0.504 e. The highest BCUT2D eigenvalue weighted by Crippen LogP contribution is 2.44. The van der Waals surface area contributed by atoms with E-state index in [9.17, 15) is 9.90 Å². The first-order valence-electron chi connectivity index (χ1n) is 5.71. The van der Waals surface area contributed by atoms with Gasteiger partial charge in [-0.05, 0) is 17.9 Å². The molecule has 0 bridgehead atoms. The Morgan fingerprint density at radius 1 is 1.28 bits per heavy atom. The third-order valence-electron chi connectivity index (χ3n) is 2.66. The van der Waals surface area contributed by atoms with Crippen LogP contribution in [-0.4, -0.2) is 16.4 Å². The van der Waals surface area contributed by atoms with Crippen LogP contribution in [0.4, 0.5) is 4.79 Å². The van der Waals surface area contributed by atoms with Crippen LogP contribution in [0.1, 0.15) is 50.7 Å². The third kappa shape index (κ3) is 2.96. The molecular weight excluding hydrogens is 300 g/mol. The minimum atomic E-state index is -1.43. The Bertz CT molecular complexity index is 467. The molecule has 2 N–H and O–H groups in total. The normalized spacial score (nSPS) is 11.1. The molecule has 1 aromatic carbocycles. The maximum atomic E-state index is 10.7. The molecule has 0 aliphatic heterocycles. The highest BCUT2D eigenvalue weighted by molar-refractivity contribution is 9.10. The van der Waals surface area contributed by atoms with Gasteiger partial charge in [-0.25, -0.2) is 4.79 Å². The van der Waals surface area contributed by atoms with E-state index in [0.29, 0.717) is 11.1 Å². The predicted molar refractivity (Wildman–Crippen MR) is 72.6 cm³/mol.